The summed E-state index contributed by atoms with van der Waals surface area (Å²) < 4.78 is 1.78. The molecular formula is C3H9N4+. The topological polar surface area (TPSA) is 53.1 Å². The van der Waals surface area contributed by atoms with Gasteiger partial charge >= 0.3 is 0 Å². The Bertz CT molecular complexity index is 86.9. The van der Waals surface area contributed by atoms with E-state index in [2.05, 4.69) is 10.9 Å². The minimum Gasteiger partial charge on any atom is -0.275 e. The van der Waals surface area contributed by atoms with Crippen molar-refractivity contribution in [2.24, 2.45) is 5.84 Å². The van der Waals surface area contributed by atoms with E-state index in [1.807, 2.05) is 0 Å². The molecule has 0 aliphatic carbocycles. The summed E-state index contributed by atoms with van der Waals surface area (Å²) in [6.07, 6.45) is 1.81. The predicted molar refractivity (Wildman–Crippen MR) is 26.5 cm³/mol. The standard InChI is InChI=1S/C3H8N4/c4-6-7-2-1-5-3-7/h3,6H,1-2,4H2/p+1. The van der Waals surface area contributed by atoms with Gasteiger partial charge in [-0.25, -0.2) is 5.84 Å². The monoisotopic (exact) mass is 101 g/mol. The van der Waals surface area contributed by atoms with E-state index in [-0.39, 0.29) is 0 Å². The molecule has 4 heteroatoms. The second-order valence-corrected chi connectivity index (χ2v) is 1.41. The molecule has 0 bridgehead atoms. The first-order chi connectivity index (χ1) is 3.43. The van der Waals surface area contributed by atoms with Crippen molar-refractivity contribution in [2.45, 2.75) is 0 Å². The van der Waals surface area contributed by atoms with Crippen LogP contribution in [-0.4, -0.2) is 24.1 Å². The van der Waals surface area contributed by atoms with Crippen molar-refractivity contribution in [2.75, 3.05) is 13.1 Å². The highest BCUT2D eigenvalue weighted by Gasteiger charge is 2.03. The first-order valence-electron chi connectivity index (χ1n) is 2.23. The quantitative estimate of drug-likeness (QED) is 0.203. The van der Waals surface area contributed by atoms with E-state index in [9.17, 15) is 0 Å². The third-order valence-corrected chi connectivity index (χ3v) is 0.910. The van der Waals surface area contributed by atoms with Crippen LogP contribution in [0.25, 0.3) is 0 Å². The zero-order valence-corrected chi connectivity index (χ0v) is 4.02. The van der Waals surface area contributed by atoms with Crippen molar-refractivity contribution in [3.05, 3.63) is 0 Å². The van der Waals surface area contributed by atoms with Crippen LogP contribution in [0.15, 0.2) is 0 Å². The lowest BCUT2D eigenvalue weighted by atomic mass is 10.7. The zero-order chi connectivity index (χ0) is 5.11. The minimum atomic E-state index is 0.941. The van der Waals surface area contributed by atoms with Gasteiger partial charge in [-0.1, -0.05) is 0 Å². The Morgan fingerprint density at radius 1 is 1.86 bits per heavy atom. The minimum absolute atomic E-state index is 0.941. The zero-order valence-electron chi connectivity index (χ0n) is 4.02. The fraction of sp³-hybridized carbons (Fsp3) is 0.667. The third kappa shape index (κ3) is 0.806. The maximum Gasteiger partial charge on any atom is 0.256 e. The molecule has 1 rings (SSSR count). The molecule has 0 amide bonds. The van der Waals surface area contributed by atoms with Crippen LogP contribution in [0.4, 0.5) is 0 Å². The van der Waals surface area contributed by atoms with E-state index in [0.717, 1.165) is 13.1 Å². The number of hydrogen-bond donors (Lipinski definition) is 3. The number of hydrazone groups is 1. The van der Waals surface area contributed by atoms with Gasteiger partial charge < -0.3 is 0 Å². The normalized spacial score (nSPS) is 18.1. The largest absolute Gasteiger partial charge is 0.275 e. The second-order valence-electron chi connectivity index (χ2n) is 1.41. The van der Waals surface area contributed by atoms with Crippen LogP contribution in [-0.2, 0) is 0 Å². The van der Waals surface area contributed by atoms with Crippen molar-refractivity contribution in [1.29, 1.82) is 0 Å². The second kappa shape index (κ2) is 1.79. The van der Waals surface area contributed by atoms with Crippen LogP contribution in [0.2, 0.25) is 0 Å². The van der Waals surface area contributed by atoms with Crippen LogP contribution < -0.4 is 16.7 Å². The third-order valence-electron chi connectivity index (χ3n) is 0.910. The number of nitrogens with zero attached hydrogens (tertiary/aromatic N) is 1. The lowest BCUT2D eigenvalue weighted by molar-refractivity contribution is -0.576. The Kier molecular flexibility index (Phi) is 1.12. The van der Waals surface area contributed by atoms with Gasteiger partial charge in [0.15, 0.2) is 0 Å². The van der Waals surface area contributed by atoms with Crippen molar-refractivity contribution in [3.8, 4) is 0 Å². The molecule has 0 saturated carbocycles. The van der Waals surface area contributed by atoms with Crippen LogP contribution in [0.1, 0.15) is 0 Å². The highest BCUT2D eigenvalue weighted by atomic mass is 15.6. The summed E-state index contributed by atoms with van der Waals surface area (Å²) in [6, 6.07) is 0. The molecule has 0 saturated heterocycles. The Morgan fingerprint density at radius 3 is 3.00 bits per heavy atom. The number of rotatable bonds is 1. The van der Waals surface area contributed by atoms with Gasteiger partial charge in [-0.2, -0.15) is 10.2 Å². The highest BCUT2D eigenvalue weighted by molar-refractivity contribution is 5.48. The number of hydrogen-bond acceptors (Lipinski definition) is 3. The number of nitrogens with two attached hydrogens (primary N) is 1. The molecule has 0 aromatic carbocycles. The van der Waals surface area contributed by atoms with Crippen LogP contribution >= 0.6 is 0 Å². The Labute approximate surface area is 41.9 Å². The van der Waals surface area contributed by atoms with Crippen molar-refractivity contribution in [1.82, 2.24) is 10.9 Å². The summed E-state index contributed by atoms with van der Waals surface area (Å²) in [6.45, 7) is 1.92. The van der Waals surface area contributed by atoms with E-state index in [0.29, 0.717) is 0 Å². The summed E-state index contributed by atoms with van der Waals surface area (Å²) >= 11 is 0. The molecule has 1 aliphatic rings. The SMILES string of the molecule is NN[N+]1=CNCC1. The van der Waals surface area contributed by atoms with Gasteiger partial charge in [-0.15, -0.1) is 0 Å². The smallest absolute Gasteiger partial charge is 0.256 e. The molecule has 0 fully saturated rings. The van der Waals surface area contributed by atoms with Crippen LogP contribution in [0.3, 0.4) is 0 Å². The molecule has 4 N–H and O–H groups in total. The Hall–Kier alpha value is -0.770. The molecule has 0 spiro atoms. The van der Waals surface area contributed by atoms with Crippen LogP contribution in [0.5, 0.6) is 0 Å². The van der Waals surface area contributed by atoms with E-state index >= 15 is 0 Å². The Balaban J connectivity index is 2.36. The lowest BCUT2D eigenvalue weighted by Gasteiger charge is -1.91. The maximum absolute atomic E-state index is 5.04. The van der Waals surface area contributed by atoms with Gasteiger partial charge in [-0.3, -0.25) is 5.32 Å². The average molecular weight is 101 g/mol. The Morgan fingerprint density at radius 2 is 2.71 bits per heavy atom. The maximum atomic E-state index is 5.04. The van der Waals surface area contributed by atoms with Crippen molar-refractivity contribution in [3.63, 3.8) is 0 Å². The molecule has 0 radical (unpaired) electrons. The average Bonchev–Trinajstić information content (AvgIpc) is 2.14. The fourth-order valence-corrected chi connectivity index (χ4v) is 0.526. The summed E-state index contributed by atoms with van der Waals surface area (Å²) in [5.41, 5.74) is 2.48. The highest BCUT2D eigenvalue weighted by Crippen LogP contribution is 1.68. The molecule has 4 nitrogen and oxygen atoms in total. The van der Waals surface area contributed by atoms with E-state index in [4.69, 9.17) is 5.84 Å². The molecule has 1 aliphatic heterocycles. The first kappa shape index (κ1) is 4.39. The van der Waals surface area contributed by atoms with Gasteiger partial charge in [0.1, 0.15) is 13.1 Å². The van der Waals surface area contributed by atoms with Gasteiger partial charge in [0.25, 0.3) is 6.34 Å². The predicted octanol–water partition coefficient (Wildman–Crippen LogP) is -1.99. The molecule has 1 heterocycles. The molecule has 0 unspecified atom stereocenters. The van der Waals surface area contributed by atoms with Gasteiger partial charge in [-0.05, 0) is 0 Å². The van der Waals surface area contributed by atoms with Gasteiger partial charge in [0.05, 0.1) is 0 Å². The first-order valence-corrected chi connectivity index (χ1v) is 2.23. The number of nitrogens with one attached hydrogen (secondary N) is 2. The fourth-order valence-electron chi connectivity index (χ4n) is 0.526. The molecule has 0 aromatic rings. The number of hydrazine groups is 2. The summed E-state index contributed by atoms with van der Waals surface area (Å²) in [7, 11) is 0. The summed E-state index contributed by atoms with van der Waals surface area (Å²) in [5, 5.41) is 2.98. The lowest BCUT2D eigenvalue weighted by Crippen LogP contribution is -2.34. The van der Waals surface area contributed by atoms with E-state index < -0.39 is 0 Å². The van der Waals surface area contributed by atoms with Crippen LogP contribution in [0, 0.1) is 0 Å². The van der Waals surface area contributed by atoms with Crippen molar-refractivity contribution >= 4 is 6.34 Å². The van der Waals surface area contributed by atoms with Gasteiger partial charge in [0.2, 0.25) is 0 Å². The molecule has 0 aromatic heterocycles. The summed E-state index contributed by atoms with van der Waals surface area (Å²) in [4.78, 5) is 0. The van der Waals surface area contributed by atoms with Crippen molar-refractivity contribution < 1.29 is 4.68 Å². The molecule has 40 valence electrons. The van der Waals surface area contributed by atoms with Gasteiger partial charge in [0, 0.05) is 0 Å². The molecule has 7 heavy (non-hydrogen) atoms. The summed E-state index contributed by atoms with van der Waals surface area (Å²) in [5.74, 6) is 5.04. The van der Waals surface area contributed by atoms with E-state index in [1.54, 1.807) is 11.0 Å². The molecular weight excluding hydrogens is 92.1 g/mol. The molecule has 0 atom stereocenters. The van der Waals surface area contributed by atoms with E-state index in [1.165, 1.54) is 0 Å².